The van der Waals surface area contributed by atoms with Crippen molar-refractivity contribution in [2.24, 2.45) is 5.92 Å². The normalized spacial score (nSPS) is 15.9. The van der Waals surface area contributed by atoms with Crippen molar-refractivity contribution in [1.82, 2.24) is 0 Å². The fourth-order valence-electron chi connectivity index (χ4n) is 0.992. The van der Waals surface area contributed by atoms with Crippen molar-refractivity contribution in [2.75, 3.05) is 0 Å². The van der Waals surface area contributed by atoms with Crippen molar-refractivity contribution in [3.63, 3.8) is 0 Å². The van der Waals surface area contributed by atoms with Gasteiger partial charge in [0.25, 0.3) is 0 Å². The van der Waals surface area contributed by atoms with Crippen LogP contribution in [0.2, 0.25) is 0 Å². The van der Waals surface area contributed by atoms with Gasteiger partial charge in [-0.1, -0.05) is 20.3 Å². The largest absolute Gasteiger partial charge is 0.481 e. The lowest BCUT2D eigenvalue weighted by molar-refractivity contribution is -0.139. The first-order chi connectivity index (χ1) is 5.07. The molecule has 0 aliphatic rings. The van der Waals surface area contributed by atoms with Gasteiger partial charge in [0.15, 0.2) is 0 Å². The first-order valence-corrected chi connectivity index (χ1v) is 3.97. The Hall–Kier alpha value is -0.570. The van der Waals surface area contributed by atoms with E-state index < -0.39 is 12.1 Å². The number of aliphatic hydroxyl groups excluding tert-OH is 1. The van der Waals surface area contributed by atoms with Crippen molar-refractivity contribution in [1.29, 1.82) is 0 Å². The average molecular weight is 160 g/mol. The van der Waals surface area contributed by atoms with Crippen LogP contribution in [0.4, 0.5) is 0 Å². The highest BCUT2D eigenvalue weighted by Crippen LogP contribution is 2.12. The number of aliphatic carboxylic acids is 1. The van der Waals surface area contributed by atoms with Crippen molar-refractivity contribution in [2.45, 2.75) is 39.2 Å². The zero-order valence-corrected chi connectivity index (χ0v) is 7.08. The van der Waals surface area contributed by atoms with Crippen LogP contribution in [0.25, 0.3) is 0 Å². The van der Waals surface area contributed by atoms with E-state index in [0.717, 1.165) is 6.42 Å². The minimum absolute atomic E-state index is 0.0567. The highest BCUT2D eigenvalue weighted by Gasteiger charge is 2.15. The smallest absolute Gasteiger partial charge is 0.303 e. The Morgan fingerprint density at radius 1 is 1.55 bits per heavy atom. The molecule has 0 aliphatic heterocycles. The molecule has 0 spiro atoms. The second-order valence-electron chi connectivity index (χ2n) is 2.93. The lowest BCUT2D eigenvalue weighted by atomic mass is 9.98. The molecule has 0 aromatic rings. The van der Waals surface area contributed by atoms with E-state index in [0.29, 0.717) is 6.42 Å². The fourth-order valence-corrected chi connectivity index (χ4v) is 0.992. The maximum Gasteiger partial charge on any atom is 0.303 e. The van der Waals surface area contributed by atoms with Crippen LogP contribution in [-0.2, 0) is 4.79 Å². The molecular formula is C8H16O3. The highest BCUT2D eigenvalue weighted by atomic mass is 16.4. The molecule has 66 valence electrons. The summed E-state index contributed by atoms with van der Waals surface area (Å²) in [6, 6.07) is 0. The standard InChI is InChI=1S/C8H16O3/c1-3-4-7(9)6(2)5-8(10)11/h6-7,9H,3-5H2,1-2H3,(H,10,11). The van der Waals surface area contributed by atoms with E-state index >= 15 is 0 Å². The van der Waals surface area contributed by atoms with Gasteiger partial charge in [0.2, 0.25) is 0 Å². The number of rotatable bonds is 5. The minimum atomic E-state index is -0.840. The Morgan fingerprint density at radius 3 is 2.45 bits per heavy atom. The third-order valence-corrected chi connectivity index (χ3v) is 1.74. The number of aliphatic hydroxyl groups is 1. The molecule has 2 atom stereocenters. The Kier molecular flexibility index (Phi) is 4.86. The third-order valence-electron chi connectivity index (χ3n) is 1.74. The Morgan fingerprint density at radius 2 is 2.09 bits per heavy atom. The Bertz CT molecular complexity index is 123. The maximum atomic E-state index is 10.2. The van der Waals surface area contributed by atoms with Crippen LogP contribution >= 0.6 is 0 Å². The van der Waals surface area contributed by atoms with E-state index in [4.69, 9.17) is 5.11 Å². The van der Waals surface area contributed by atoms with E-state index in [2.05, 4.69) is 0 Å². The zero-order valence-electron chi connectivity index (χ0n) is 7.08. The van der Waals surface area contributed by atoms with Crippen LogP contribution in [0.1, 0.15) is 33.1 Å². The number of carboxylic acid groups (broad SMARTS) is 1. The molecule has 2 N–H and O–H groups in total. The van der Waals surface area contributed by atoms with Crippen LogP contribution in [0.3, 0.4) is 0 Å². The van der Waals surface area contributed by atoms with Crippen LogP contribution in [0.15, 0.2) is 0 Å². The summed E-state index contributed by atoms with van der Waals surface area (Å²) in [5, 5.41) is 17.7. The Balaban J connectivity index is 3.63. The molecule has 0 amide bonds. The van der Waals surface area contributed by atoms with Crippen LogP contribution in [0, 0.1) is 5.92 Å². The molecule has 0 saturated carbocycles. The SMILES string of the molecule is CCCC(O)C(C)CC(=O)O. The summed E-state index contributed by atoms with van der Waals surface area (Å²) in [6.45, 7) is 3.73. The van der Waals surface area contributed by atoms with Gasteiger partial charge in [-0.05, 0) is 12.3 Å². The summed E-state index contributed by atoms with van der Waals surface area (Å²) in [5.41, 5.74) is 0. The topological polar surface area (TPSA) is 57.5 Å². The molecule has 0 aromatic heterocycles. The predicted molar refractivity (Wildman–Crippen MR) is 42.3 cm³/mol. The van der Waals surface area contributed by atoms with Crippen LogP contribution < -0.4 is 0 Å². The van der Waals surface area contributed by atoms with Crippen molar-refractivity contribution < 1.29 is 15.0 Å². The monoisotopic (exact) mass is 160 g/mol. The van der Waals surface area contributed by atoms with E-state index in [1.54, 1.807) is 6.92 Å². The lowest BCUT2D eigenvalue weighted by Crippen LogP contribution is -2.20. The third kappa shape index (κ3) is 4.79. The van der Waals surface area contributed by atoms with Crippen molar-refractivity contribution in [3.05, 3.63) is 0 Å². The van der Waals surface area contributed by atoms with E-state index in [-0.39, 0.29) is 12.3 Å². The van der Waals surface area contributed by atoms with Gasteiger partial charge in [-0.25, -0.2) is 0 Å². The first-order valence-electron chi connectivity index (χ1n) is 3.97. The van der Waals surface area contributed by atoms with Gasteiger partial charge in [-0.2, -0.15) is 0 Å². The quantitative estimate of drug-likeness (QED) is 0.636. The molecule has 0 heterocycles. The molecular weight excluding hydrogens is 144 g/mol. The second-order valence-corrected chi connectivity index (χ2v) is 2.93. The molecule has 0 radical (unpaired) electrons. The lowest BCUT2D eigenvalue weighted by Gasteiger charge is -2.15. The van der Waals surface area contributed by atoms with E-state index in [1.807, 2.05) is 6.92 Å². The molecule has 0 bridgehead atoms. The first kappa shape index (κ1) is 10.4. The second kappa shape index (κ2) is 5.13. The summed E-state index contributed by atoms with van der Waals surface area (Å²) in [5.74, 6) is -0.972. The fraction of sp³-hybridized carbons (Fsp3) is 0.875. The molecule has 0 saturated heterocycles. The van der Waals surface area contributed by atoms with E-state index in [9.17, 15) is 9.90 Å². The number of carbonyl (C=O) groups is 1. The maximum absolute atomic E-state index is 10.2. The summed E-state index contributed by atoms with van der Waals surface area (Å²) in [4.78, 5) is 10.2. The highest BCUT2D eigenvalue weighted by molar-refractivity contribution is 5.67. The number of hydrogen-bond acceptors (Lipinski definition) is 2. The molecule has 3 heteroatoms. The molecule has 0 aromatic carbocycles. The number of hydrogen-bond donors (Lipinski definition) is 2. The summed E-state index contributed by atoms with van der Waals surface area (Å²) in [6.07, 6.45) is 1.18. The van der Waals surface area contributed by atoms with Gasteiger partial charge in [0.1, 0.15) is 0 Å². The average Bonchev–Trinajstić information content (AvgIpc) is 1.86. The molecule has 3 nitrogen and oxygen atoms in total. The molecule has 0 aliphatic carbocycles. The van der Waals surface area contributed by atoms with Crippen molar-refractivity contribution in [3.8, 4) is 0 Å². The van der Waals surface area contributed by atoms with Gasteiger partial charge in [0, 0.05) is 0 Å². The summed E-state index contributed by atoms with van der Waals surface area (Å²) < 4.78 is 0. The minimum Gasteiger partial charge on any atom is -0.481 e. The van der Waals surface area contributed by atoms with Gasteiger partial charge in [-0.15, -0.1) is 0 Å². The summed E-state index contributed by atoms with van der Waals surface area (Å²) >= 11 is 0. The van der Waals surface area contributed by atoms with Gasteiger partial charge >= 0.3 is 5.97 Å². The molecule has 11 heavy (non-hydrogen) atoms. The molecule has 2 unspecified atom stereocenters. The van der Waals surface area contributed by atoms with Gasteiger partial charge in [0.05, 0.1) is 12.5 Å². The zero-order chi connectivity index (χ0) is 8.85. The van der Waals surface area contributed by atoms with Crippen LogP contribution in [0.5, 0.6) is 0 Å². The van der Waals surface area contributed by atoms with Gasteiger partial charge in [-0.3, -0.25) is 4.79 Å². The summed E-state index contributed by atoms with van der Waals surface area (Å²) in [7, 11) is 0. The van der Waals surface area contributed by atoms with Gasteiger partial charge < -0.3 is 10.2 Å². The predicted octanol–water partition coefficient (Wildman–Crippen LogP) is 1.26. The van der Waals surface area contributed by atoms with E-state index in [1.165, 1.54) is 0 Å². The van der Waals surface area contributed by atoms with Crippen molar-refractivity contribution >= 4 is 5.97 Å². The molecule has 0 rings (SSSR count). The number of carboxylic acids is 1. The Labute approximate surface area is 67.0 Å². The van der Waals surface area contributed by atoms with Crippen LogP contribution in [-0.4, -0.2) is 22.3 Å². The molecule has 0 fully saturated rings.